The van der Waals surface area contributed by atoms with Crippen molar-refractivity contribution < 1.29 is 9.59 Å². The number of amides is 2. The van der Waals surface area contributed by atoms with Crippen LogP contribution in [0.1, 0.15) is 59.7 Å². The van der Waals surface area contributed by atoms with Crippen LogP contribution < -0.4 is 10.2 Å². The van der Waals surface area contributed by atoms with Crippen molar-refractivity contribution in [3.8, 4) is 0 Å². The molecular weight excluding hydrogens is 464 g/mol. The molecule has 0 saturated heterocycles. The Bertz CT molecular complexity index is 1300. The lowest BCUT2D eigenvalue weighted by Gasteiger charge is -2.30. The van der Waals surface area contributed by atoms with E-state index in [0.29, 0.717) is 22.9 Å². The molecule has 1 heterocycles. The van der Waals surface area contributed by atoms with Crippen molar-refractivity contribution in [3.63, 3.8) is 0 Å². The number of carbonyl (C=O) groups is 2. The number of hydrogen-bond acceptors (Lipinski definition) is 3. The Morgan fingerprint density at radius 3 is 2.58 bits per heavy atom. The summed E-state index contributed by atoms with van der Waals surface area (Å²) in [7, 11) is 0. The molecule has 0 radical (unpaired) electrons. The van der Waals surface area contributed by atoms with Crippen LogP contribution in [0, 0.1) is 12.8 Å². The zero-order valence-corrected chi connectivity index (χ0v) is 21.7. The molecule has 0 spiro atoms. The van der Waals surface area contributed by atoms with E-state index >= 15 is 0 Å². The van der Waals surface area contributed by atoms with Crippen LogP contribution in [-0.2, 0) is 11.3 Å². The SMILES string of the molecule is Cc1cccc(CN2C(=O)/C(=C\c3ccc(C(=O)NC4CCCCC4C)cc3)Sc3ccccc32)c1. The maximum Gasteiger partial charge on any atom is 0.265 e. The van der Waals surface area contributed by atoms with Crippen LogP contribution in [0.25, 0.3) is 6.08 Å². The monoisotopic (exact) mass is 496 g/mol. The lowest BCUT2D eigenvalue weighted by molar-refractivity contribution is -0.114. The molecule has 1 saturated carbocycles. The predicted molar refractivity (Wildman–Crippen MR) is 148 cm³/mol. The van der Waals surface area contributed by atoms with Gasteiger partial charge in [0.05, 0.1) is 17.1 Å². The molecule has 2 atom stereocenters. The molecule has 1 fully saturated rings. The van der Waals surface area contributed by atoms with Crippen LogP contribution in [0.2, 0.25) is 0 Å². The second kappa shape index (κ2) is 10.8. The predicted octanol–water partition coefficient (Wildman–Crippen LogP) is 6.98. The highest BCUT2D eigenvalue weighted by atomic mass is 32.2. The number of rotatable bonds is 5. The van der Waals surface area contributed by atoms with Gasteiger partial charge in [-0.25, -0.2) is 0 Å². The fourth-order valence-corrected chi connectivity index (χ4v) is 6.14. The molecule has 1 N–H and O–H groups in total. The van der Waals surface area contributed by atoms with Gasteiger partial charge in [-0.15, -0.1) is 0 Å². The van der Waals surface area contributed by atoms with E-state index in [1.165, 1.54) is 36.6 Å². The highest BCUT2D eigenvalue weighted by molar-refractivity contribution is 8.04. The van der Waals surface area contributed by atoms with Crippen molar-refractivity contribution in [1.82, 2.24) is 5.32 Å². The molecule has 3 aromatic rings. The lowest BCUT2D eigenvalue weighted by Crippen LogP contribution is -2.41. The number of thioether (sulfide) groups is 1. The third-order valence-corrected chi connectivity index (χ3v) is 8.23. The number of aryl methyl sites for hydroxylation is 1. The van der Waals surface area contributed by atoms with E-state index in [0.717, 1.165) is 28.1 Å². The van der Waals surface area contributed by atoms with Gasteiger partial charge in [0.2, 0.25) is 0 Å². The third-order valence-electron chi connectivity index (χ3n) is 7.15. The Balaban J connectivity index is 1.35. The first-order chi connectivity index (χ1) is 17.5. The largest absolute Gasteiger partial charge is 0.349 e. The summed E-state index contributed by atoms with van der Waals surface area (Å²) >= 11 is 1.50. The van der Waals surface area contributed by atoms with Gasteiger partial charge in [-0.2, -0.15) is 0 Å². The van der Waals surface area contributed by atoms with Crippen LogP contribution in [-0.4, -0.2) is 17.9 Å². The van der Waals surface area contributed by atoms with E-state index < -0.39 is 0 Å². The molecule has 0 bridgehead atoms. The molecule has 36 heavy (non-hydrogen) atoms. The first-order valence-corrected chi connectivity index (χ1v) is 13.6. The molecule has 5 rings (SSSR count). The molecule has 3 aromatic carbocycles. The first-order valence-electron chi connectivity index (χ1n) is 12.7. The smallest absolute Gasteiger partial charge is 0.265 e. The molecule has 1 aliphatic heterocycles. The molecule has 2 unspecified atom stereocenters. The number of para-hydroxylation sites is 1. The number of fused-ring (bicyclic) bond motifs is 1. The summed E-state index contributed by atoms with van der Waals surface area (Å²) in [6, 6.07) is 24.1. The standard InChI is InChI=1S/C31H32N2O2S/c1-21-8-7-10-24(18-21)20-33-27-12-5-6-13-28(27)36-29(31(33)35)19-23-14-16-25(17-15-23)30(34)32-26-11-4-3-9-22(26)2/h5-8,10,12-19,22,26H,3-4,9,11,20H2,1-2H3,(H,32,34)/b29-19+. The zero-order valence-electron chi connectivity index (χ0n) is 20.9. The zero-order chi connectivity index (χ0) is 25.1. The number of anilines is 1. The molecule has 1 aliphatic carbocycles. The molecule has 0 aromatic heterocycles. The third kappa shape index (κ3) is 5.41. The average molecular weight is 497 g/mol. The van der Waals surface area contributed by atoms with E-state index in [-0.39, 0.29) is 17.9 Å². The van der Waals surface area contributed by atoms with Gasteiger partial charge >= 0.3 is 0 Å². The Labute approximate surface area is 217 Å². The highest BCUT2D eigenvalue weighted by Gasteiger charge is 2.29. The first kappa shape index (κ1) is 24.4. The van der Waals surface area contributed by atoms with Crippen LogP contribution >= 0.6 is 11.8 Å². The van der Waals surface area contributed by atoms with Crippen molar-refractivity contribution in [3.05, 3.63) is 100.0 Å². The number of nitrogens with one attached hydrogen (secondary N) is 1. The molecule has 2 aliphatic rings. The van der Waals surface area contributed by atoms with E-state index in [1.54, 1.807) is 0 Å². The van der Waals surface area contributed by atoms with Gasteiger partial charge in [0, 0.05) is 16.5 Å². The molecular formula is C31H32N2O2S. The molecule has 4 nitrogen and oxygen atoms in total. The number of benzene rings is 3. The number of nitrogens with zero attached hydrogens (tertiary/aromatic N) is 1. The Morgan fingerprint density at radius 2 is 1.81 bits per heavy atom. The molecule has 5 heteroatoms. The minimum atomic E-state index is -0.0191. The topological polar surface area (TPSA) is 49.4 Å². The average Bonchev–Trinajstić information content (AvgIpc) is 2.88. The summed E-state index contributed by atoms with van der Waals surface area (Å²) in [4.78, 5) is 30.0. The van der Waals surface area contributed by atoms with Crippen molar-refractivity contribution in [1.29, 1.82) is 0 Å². The summed E-state index contributed by atoms with van der Waals surface area (Å²) in [5.41, 5.74) is 4.78. The van der Waals surface area contributed by atoms with E-state index in [4.69, 9.17) is 0 Å². The summed E-state index contributed by atoms with van der Waals surface area (Å²) in [5, 5.41) is 3.22. The van der Waals surface area contributed by atoms with Crippen LogP contribution in [0.3, 0.4) is 0 Å². The van der Waals surface area contributed by atoms with Crippen molar-refractivity contribution in [2.45, 2.75) is 57.0 Å². The normalized spacial score (nSPS) is 20.8. The quantitative estimate of drug-likeness (QED) is 0.388. The van der Waals surface area contributed by atoms with Gasteiger partial charge < -0.3 is 10.2 Å². The Morgan fingerprint density at radius 1 is 1.03 bits per heavy atom. The fraction of sp³-hybridized carbons (Fsp3) is 0.290. The van der Waals surface area contributed by atoms with Gasteiger partial charge in [0.25, 0.3) is 11.8 Å². The summed E-state index contributed by atoms with van der Waals surface area (Å²) in [5.74, 6) is 0.495. The van der Waals surface area contributed by atoms with Gasteiger partial charge in [0.1, 0.15) is 0 Å². The Kier molecular flexibility index (Phi) is 7.28. The lowest BCUT2D eigenvalue weighted by atomic mass is 9.86. The second-order valence-electron chi connectivity index (χ2n) is 9.92. The minimum Gasteiger partial charge on any atom is -0.349 e. The van der Waals surface area contributed by atoms with Gasteiger partial charge in [-0.05, 0) is 67.2 Å². The second-order valence-corrected chi connectivity index (χ2v) is 11.0. The van der Waals surface area contributed by atoms with Crippen LogP contribution in [0.5, 0.6) is 0 Å². The van der Waals surface area contributed by atoms with Crippen LogP contribution in [0.4, 0.5) is 5.69 Å². The van der Waals surface area contributed by atoms with Crippen molar-refractivity contribution in [2.24, 2.45) is 5.92 Å². The van der Waals surface area contributed by atoms with Gasteiger partial charge in [-0.1, -0.05) is 85.6 Å². The highest BCUT2D eigenvalue weighted by Crippen LogP contribution is 2.42. The molecule has 2 amide bonds. The summed E-state index contributed by atoms with van der Waals surface area (Å²) in [6.45, 7) is 4.81. The number of hydrogen-bond donors (Lipinski definition) is 1. The van der Waals surface area contributed by atoms with Crippen molar-refractivity contribution >= 4 is 35.3 Å². The summed E-state index contributed by atoms with van der Waals surface area (Å²) < 4.78 is 0. The Hall–Kier alpha value is -3.31. The van der Waals surface area contributed by atoms with E-state index in [1.807, 2.05) is 59.5 Å². The van der Waals surface area contributed by atoms with Crippen molar-refractivity contribution in [2.75, 3.05) is 4.90 Å². The van der Waals surface area contributed by atoms with Gasteiger partial charge in [-0.3, -0.25) is 9.59 Å². The summed E-state index contributed by atoms with van der Waals surface area (Å²) in [6.07, 6.45) is 6.58. The van der Waals surface area contributed by atoms with Crippen LogP contribution in [0.15, 0.2) is 82.6 Å². The van der Waals surface area contributed by atoms with E-state index in [2.05, 4.69) is 43.4 Å². The fourth-order valence-electron chi connectivity index (χ4n) is 5.08. The maximum absolute atomic E-state index is 13.6. The molecule has 184 valence electrons. The van der Waals surface area contributed by atoms with E-state index in [9.17, 15) is 9.59 Å². The van der Waals surface area contributed by atoms with Gasteiger partial charge in [0.15, 0.2) is 0 Å². The maximum atomic E-state index is 13.6. The minimum absolute atomic E-state index is 0.00619. The number of carbonyl (C=O) groups excluding carboxylic acids is 2.